The van der Waals surface area contributed by atoms with Crippen LogP contribution in [-0.2, 0) is 14.8 Å². The Hall–Kier alpha value is -2.91. The molecule has 1 N–H and O–H groups in total. The number of carbonyl (C=O) groups excluding carboxylic acids is 1. The molecule has 0 unspecified atom stereocenters. The highest BCUT2D eigenvalue weighted by molar-refractivity contribution is 7.92. The number of rotatable bonds is 3. The van der Waals surface area contributed by atoms with Gasteiger partial charge in [-0.1, -0.05) is 0 Å². The first-order valence-corrected chi connectivity index (χ1v) is 12.2. The van der Waals surface area contributed by atoms with Gasteiger partial charge in [0.05, 0.1) is 35.8 Å². The molecule has 5 rings (SSSR count). The summed E-state index contributed by atoms with van der Waals surface area (Å²) in [5, 5.41) is 3.17. The van der Waals surface area contributed by atoms with Crippen molar-refractivity contribution in [2.24, 2.45) is 0 Å². The summed E-state index contributed by atoms with van der Waals surface area (Å²) in [6, 6.07) is 9.09. The van der Waals surface area contributed by atoms with Crippen molar-refractivity contribution in [2.75, 3.05) is 24.2 Å². The van der Waals surface area contributed by atoms with Crippen molar-refractivity contribution in [3.8, 4) is 11.3 Å². The van der Waals surface area contributed by atoms with Gasteiger partial charge in [0.1, 0.15) is 17.2 Å². The van der Waals surface area contributed by atoms with Crippen molar-refractivity contribution in [2.45, 2.75) is 31.5 Å². The average molecular weight is 459 g/mol. The average Bonchev–Trinajstić information content (AvgIpc) is 3.42. The van der Waals surface area contributed by atoms with Gasteiger partial charge in [-0.25, -0.2) is 12.8 Å². The van der Waals surface area contributed by atoms with Crippen LogP contribution in [0.2, 0.25) is 0 Å². The Bertz CT molecular complexity index is 1340. The van der Waals surface area contributed by atoms with Gasteiger partial charge in [-0.3, -0.25) is 9.10 Å². The molecular formula is C23H23FN2O5S. The number of furan rings is 1. The van der Waals surface area contributed by atoms with E-state index >= 15 is 0 Å². The van der Waals surface area contributed by atoms with Gasteiger partial charge in [-0.15, -0.1) is 0 Å². The number of fused-ring (bicyclic) bond motifs is 2. The van der Waals surface area contributed by atoms with Gasteiger partial charge in [-0.2, -0.15) is 0 Å². The highest BCUT2D eigenvalue weighted by Gasteiger charge is 2.50. The first kappa shape index (κ1) is 21.0. The maximum absolute atomic E-state index is 13.5. The second-order valence-corrected chi connectivity index (χ2v) is 10.4. The maximum atomic E-state index is 13.5. The number of carbonyl (C=O) groups is 1. The molecule has 1 aliphatic heterocycles. The lowest BCUT2D eigenvalue weighted by Gasteiger charge is -2.24. The number of halogens is 1. The first-order valence-electron chi connectivity index (χ1n) is 10.4. The Kier molecular flexibility index (Phi) is 4.62. The second kappa shape index (κ2) is 7.05. The summed E-state index contributed by atoms with van der Waals surface area (Å²) in [6.45, 7) is 2.12. The van der Waals surface area contributed by atoms with Crippen LogP contribution < -0.4 is 9.62 Å². The van der Waals surface area contributed by atoms with Gasteiger partial charge in [0.2, 0.25) is 10.0 Å². The predicted octanol–water partition coefficient (Wildman–Crippen LogP) is 3.99. The lowest BCUT2D eigenvalue weighted by molar-refractivity contribution is -0.0115. The van der Waals surface area contributed by atoms with Gasteiger partial charge in [-0.05, 0) is 50.1 Å². The van der Waals surface area contributed by atoms with Crippen molar-refractivity contribution in [1.29, 1.82) is 0 Å². The molecule has 2 aliphatic rings. The molecule has 1 spiro atoms. The van der Waals surface area contributed by atoms with Crippen molar-refractivity contribution >= 4 is 32.6 Å². The van der Waals surface area contributed by atoms with Crippen LogP contribution in [0.1, 0.15) is 41.8 Å². The molecular weight excluding hydrogens is 435 g/mol. The molecule has 0 radical (unpaired) electrons. The van der Waals surface area contributed by atoms with E-state index in [4.69, 9.17) is 9.15 Å². The fourth-order valence-corrected chi connectivity index (χ4v) is 5.36. The minimum atomic E-state index is -3.58. The minimum Gasteiger partial charge on any atom is -0.455 e. The number of nitrogens with zero attached hydrogens (tertiary/aromatic N) is 1. The highest BCUT2D eigenvalue weighted by Crippen LogP contribution is 2.50. The van der Waals surface area contributed by atoms with Gasteiger partial charge in [0.25, 0.3) is 5.91 Å². The fourth-order valence-electron chi connectivity index (χ4n) is 4.38. The Labute approximate surface area is 185 Å². The molecule has 1 amide bonds. The van der Waals surface area contributed by atoms with Crippen LogP contribution in [0.3, 0.4) is 0 Å². The van der Waals surface area contributed by atoms with Crippen molar-refractivity contribution in [3.63, 3.8) is 0 Å². The Morgan fingerprint density at radius 1 is 1.22 bits per heavy atom. The SMILES string of the molecule is CNC(=O)c1c(-c2ccc(F)cc2)oc2cc3c(cc12)[C@H](C)OC1(CC1)CN3S(C)(=O)=O. The molecule has 0 bridgehead atoms. The summed E-state index contributed by atoms with van der Waals surface area (Å²) in [5.41, 5.74) is 1.89. The summed E-state index contributed by atoms with van der Waals surface area (Å²) >= 11 is 0. The number of sulfonamides is 1. The molecule has 1 fully saturated rings. The third kappa shape index (κ3) is 3.36. The van der Waals surface area contributed by atoms with E-state index in [0.717, 1.165) is 12.8 Å². The van der Waals surface area contributed by atoms with Crippen molar-refractivity contribution in [1.82, 2.24) is 5.32 Å². The molecule has 2 heterocycles. The largest absolute Gasteiger partial charge is 0.455 e. The van der Waals surface area contributed by atoms with Crippen LogP contribution in [0, 0.1) is 5.82 Å². The van der Waals surface area contributed by atoms with Crippen molar-refractivity contribution in [3.05, 3.63) is 53.3 Å². The van der Waals surface area contributed by atoms with E-state index in [1.54, 1.807) is 12.1 Å². The number of amides is 1. The molecule has 1 saturated carbocycles. The number of anilines is 1. The molecule has 1 aliphatic carbocycles. The second-order valence-electron chi connectivity index (χ2n) is 8.51. The van der Waals surface area contributed by atoms with E-state index in [9.17, 15) is 17.6 Å². The summed E-state index contributed by atoms with van der Waals surface area (Å²) in [7, 11) is -2.06. The van der Waals surface area contributed by atoms with E-state index in [-0.39, 0.29) is 24.3 Å². The van der Waals surface area contributed by atoms with Crippen molar-refractivity contribution < 1.29 is 26.8 Å². The molecule has 2 aromatic carbocycles. The maximum Gasteiger partial charge on any atom is 0.255 e. The zero-order chi connectivity index (χ0) is 22.8. The summed E-state index contributed by atoms with van der Waals surface area (Å²) in [5.74, 6) is -0.469. The van der Waals surface area contributed by atoms with Crippen LogP contribution in [0.25, 0.3) is 22.3 Å². The Morgan fingerprint density at radius 3 is 2.50 bits per heavy atom. The third-order valence-electron chi connectivity index (χ3n) is 6.17. The van der Waals surface area contributed by atoms with Crippen LogP contribution in [-0.4, -0.2) is 39.8 Å². The minimum absolute atomic E-state index is 0.239. The molecule has 168 valence electrons. The molecule has 32 heavy (non-hydrogen) atoms. The van der Waals surface area contributed by atoms with E-state index < -0.39 is 21.4 Å². The van der Waals surface area contributed by atoms with Crippen LogP contribution in [0.5, 0.6) is 0 Å². The number of hydrogen-bond donors (Lipinski definition) is 1. The molecule has 1 aromatic heterocycles. The van der Waals surface area contributed by atoms with Crippen LogP contribution in [0.4, 0.5) is 10.1 Å². The lowest BCUT2D eigenvalue weighted by atomic mass is 10.0. The lowest BCUT2D eigenvalue weighted by Crippen LogP contribution is -2.37. The molecule has 7 nitrogen and oxygen atoms in total. The quantitative estimate of drug-likeness (QED) is 0.641. The van der Waals surface area contributed by atoms with Crippen LogP contribution in [0.15, 0.2) is 40.8 Å². The summed E-state index contributed by atoms with van der Waals surface area (Å²) < 4.78 is 52.5. The number of nitrogens with one attached hydrogen (secondary N) is 1. The van der Waals surface area contributed by atoms with E-state index in [1.807, 2.05) is 6.92 Å². The van der Waals surface area contributed by atoms with E-state index in [1.165, 1.54) is 41.9 Å². The van der Waals surface area contributed by atoms with E-state index in [0.29, 0.717) is 33.3 Å². The standard InChI is InChI=1S/C23H23FN2O5S/c1-13-16-10-17-19(11-18(16)26(32(3,28)29)12-23(31-13)8-9-23)30-21(20(17)22(27)25-2)14-4-6-15(24)7-5-14/h4-7,10-11,13H,8-9,12H2,1-3H3,(H,25,27)/t13-/m0/s1. The first-order chi connectivity index (χ1) is 15.1. The van der Waals surface area contributed by atoms with Crippen LogP contribution >= 0.6 is 0 Å². The summed E-state index contributed by atoms with van der Waals surface area (Å²) in [6.07, 6.45) is 2.40. The molecule has 3 aromatic rings. The Morgan fingerprint density at radius 2 is 1.91 bits per heavy atom. The van der Waals surface area contributed by atoms with Gasteiger partial charge >= 0.3 is 0 Å². The number of benzene rings is 2. The monoisotopic (exact) mass is 458 g/mol. The summed E-state index contributed by atoms with van der Waals surface area (Å²) in [4.78, 5) is 12.8. The normalized spacial score (nSPS) is 19.6. The topological polar surface area (TPSA) is 88.8 Å². The van der Waals surface area contributed by atoms with Gasteiger partial charge in [0, 0.05) is 29.6 Å². The van der Waals surface area contributed by atoms with E-state index in [2.05, 4.69) is 5.32 Å². The fraction of sp³-hybridized carbons (Fsp3) is 0.348. The Balaban J connectivity index is 1.78. The van der Waals surface area contributed by atoms with Gasteiger partial charge < -0.3 is 14.5 Å². The third-order valence-corrected chi connectivity index (χ3v) is 7.30. The zero-order valence-corrected chi connectivity index (χ0v) is 18.8. The highest BCUT2D eigenvalue weighted by atomic mass is 32.2. The molecule has 9 heteroatoms. The number of hydrogen-bond acceptors (Lipinski definition) is 5. The predicted molar refractivity (Wildman–Crippen MR) is 119 cm³/mol. The smallest absolute Gasteiger partial charge is 0.255 e. The zero-order valence-electron chi connectivity index (χ0n) is 17.9. The van der Waals surface area contributed by atoms with Gasteiger partial charge in [0.15, 0.2) is 0 Å². The number of ether oxygens (including phenoxy) is 1. The molecule has 0 saturated heterocycles. The molecule has 1 atom stereocenters.